The molecule has 0 radical (unpaired) electrons. The number of piperazine rings is 1. The molecule has 1 N–H and O–H groups in total. The van der Waals surface area contributed by atoms with Crippen LogP contribution in [0.4, 0.5) is 0 Å². The van der Waals surface area contributed by atoms with E-state index in [9.17, 15) is 0 Å². The molecule has 2 heteroatoms. The molecule has 3 aliphatic rings. The highest BCUT2D eigenvalue weighted by Gasteiger charge is 2.35. The van der Waals surface area contributed by atoms with Crippen molar-refractivity contribution in [1.29, 1.82) is 0 Å². The van der Waals surface area contributed by atoms with E-state index >= 15 is 0 Å². The Kier molecular flexibility index (Phi) is 3.21. The molecule has 1 aliphatic heterocycles. The largest absolute Gasteiger partial charge is 0.311 e. The summed E-state index contributed by atoms with van der Waals surface area (Å²) < 4.78 is 0. The van der Waals surface area contributed by atoms with E-state index in [2.05, 4.69) is 17.1 Å². The van der Waals surface area contributed by atoms with Crippen LogP contribution in [0.15, 0.2) is 0 Å². The normalized spacial score (nSPS) is 41.4. The molecule has 0 aromatic heterocycles. The minimum absolute atomic E-state index is 0.824. The second-order valence-electron chi connectivity index (χ2n) is 6.33. The number of rotatable bonds is 3. The summed E-state index contributed by atoms with van der Waals surface area (Å²) in [7, 11) is 0. The van der Waals surface area contributed by atoms with Crippen LogP contribution >= 0.6 is 0 Å². The molecule has 0 amide bonds. The van der Waals surface area contributed by atoms with Crippen molar-refractivity contribution in [3.05, 3.63) is 0 Å². The van der Waals surface area contributed by atoms with E-state index in [1.54, 1.807) is 0 Å². The lowest BCUT2D eigenvalue weighted by Crippen LogP contribution is -2.52. The lowest BCUT2D eigenvalue weighted by Gasteiger charge is -2.36. The molecule has 3 rings (SSSR count). The molecule has 0 aromatic carbocycles. The first-order valence-electron chi connectivity index (χ1n) is 7.28. The van der Waals surface area contributed by atoms with Crippen LogP contribution in [0.3, 0.4) is 0 Å². The van der Waals surface area contributed by atoms with Crippen molar-refractivity contribution >= 4 is 0 Å². The van der Waals surface area contributed by atoms with E-state index in [1.165, 1.54) is 58.3 Å². The number of hydrogen-bond acceptors (Lipinski definition) is 2. The van der Waals surface area contributed by atoms with Crippen molar-refractivity contribution in [2.24, 2.45) is 17.8 Å². The molecule has 2 saturated carbocycles. The highest BCUT2D eigenvalue weighted by molar-refractivity contribution is 4.92. The van der Waals surface area contributed by atoms with Gasteiger partial charge in [-0.1, -0.05) is 19.8 Å². The molecule has 1 heterocycles. The molecular formula is C14H26N2. The zero-order chi connectivity index (χ0) is 11.0. The van der Waals surface area contributed by atoms with Gasteiger partial charge < -0.3 is 10.2 Å². The summed E-state index contributed by atoms with van der Waals surface area (Å²) in [6.07, 6.45) is 7.39. The van der Waals surface area contributed by atoms with Crippen molar-refractivity contribution in [3.63, 3.8) is 0 Å². The molecule has 3 atom stereocenters. The maximum Gasteiger partial charge on any atom is 0.0223 e. The third-order valence-electron chi connectivity index (χ3n) is 5.01. The molecule has 92 valence electrons. The van der Waals surface area contributed by atoms with Gasteiger partial charge in [-0.3, -0.25) is 0 Å². The summed E-state index contributed by atoms with van der Waals surface area (Å²) in [5.41, 5.74) is 0. The first-order chi connectivity index (χ1) is 7.83. The van der Waals surface area contributed by atoms with Gasteiger partial charge in [-0.05, 0) is 37.0 Å². The SMILES string of the molecule is CC1CCCC1CN1CCNC(C2CC2)C1. The first-order valence-corrected chi connectivity index (χ1v) is 7.28. The van der Waals surface area contributed by atoms with Gasteiger partial charge in [-0.2, -0.15) is 0 Å². The van der Waals surface area contributed by atoms with Crippen molar-refractivity contribution in [3.8, 4) is 0 Å². The van der Waals surface area contributed by atoms with E-state index in [0.717, 1.165) is 23.8 Å². The predicted octanol–water partition coefficient (Wildman–Crippen LogP) is 2.11. The average Bonchev–Trinajstić information content (AvgIpc) is 3.06. The summed E-state index contributed by atoms with van der Waals surface area (Å²) in [6.45, 7) is 7.67. The Hall–Kier alpha value is -0.0800. The Bertz CT molecular complexity index is 237. The van der Waals surface area contributed by atoms with Crippen LogP contribution in [0.1, 0.15) is 39.0 Å². The van der Waals surface area contributed by atoms with E-state index < -0.39 is 0 Å². The fraction of sp³-hybridized carbons (Fsp3) is 1.00. The second-order valence-corrected chi connectivity index (χ2v) is 6.33. The zero-order valence-electron chi connectivity index (χ0n) is 10.6. The van der Waals surface area contributed by atoms with Crippen LogP contribution < -0.4 is 5.32 Å². The van der Waals surface area contributed by atoms with Crippen LogP contribution in [0.25, 0.3) is 0 Å². The van der Waals surface area contributed by atoms with Crippen LogP contribution in [-0.2, 0) is 0 Å². The Balaban J connectivity index is 1.50. The molecule has 16 heavy (non-hydrogen) atoms. The summed E-state index contributed by atoms with van der Waals surface area (Å²) in [5, 5.41) is 3.71. The van der Waals surface area contributed by atoms with Crippen LogP contribution in [0.5, 0.6) is 0 Å². The fourth-order valence-corrected chi connectivity index (χ4v) is 3.65. The molecule has 2 aliphatic carbocycles. The number of hydrogen-bond donors (Lipinski definition) is 1. The maximum atomic E-state index is 3.71. The van der Waals surface area contributed by atoms with Crippen LogP contribution in [0, 0.1) is 17.8 Å². The minimum Gasteiger partial charge on any atom is -0.311 e. The van der Waals surface area contributed by atoms with E-state index in [1.807, 2.05) is 0 Å². The molecule has 1 saturated heterocycles. The Morgan fingerprint density at radius 2 is 2.06 bits per heavy atom. The van der Waals surface area contributed by atoms with Gasteiger partial charge in [-0.15, -0.1) is 0 Å². The van der Waals surface area contributed by atoms with Crippen LogP contribution in [-0.4, -0.2) is 37.1 Å². The monoisotopic (exact) mass is 222 g/mol. The summed E-state index contributed by atoms with van der Waals surface area (Å²) in [5.74, 6) is 3.00. The first kappa shape index (κ1) is 11.0. The Morgan fingerprint density at radius 3 is 2.75 bits per heavy atom. The van der Waals surface area contributed by atoms with Gasteiger partial charge in [0.15, 0.2) is 0 Å². The number of nitrogens with zero attached hydrogens (tertiary/aromatic N) is 1. The van der Waals surface area contributed by atoms with Crippen molar-refractivity contribution < 1.29 is 0 Å². The molecule has 2 nitrogen and oxygen atoms in total. The minimum atomic E-state index is 0.824. The fourth-order valence-electron chi connectivity index (χ4n) is 3.65. The van der Waals surface area contributed by atoms with E-state index in [0.29, 0.717) is 0 Å². The quantitative estimate of drug-likeness (QED) is 0.787. The van der Waals surface area contributed by atoms with Crippen molar-refractivity contribution in [1.82, 2.24) is 10.2 Å². The second kappa shape index (κ2) is 4.66. The van der Waals surface area contributed by atoms with E-state index in [-0.39, 0.29) is 0 Å². The van der Waals surface area contributed by atoms with Crippen LogP contribution in [0.2, 0.25) is 0 Å². The van der Waals surface area contributed by atoms with Crippen molar-refractivity contribution in [2.45, 2.75) is 45.1 Å². The molecule has 3 unspecified atom stereocenters. The Labute approximate surface area is 99.8 Å². The summed E-state index contributed by atoms with van der Waals surface area (Å²) >= 11 is 0. The third-order valence-corrected chi connectivity index (χ3v) is 5.01. The average molecular weight is 222 g/mol. The van der Waals surface area contributed by atoms with Gasteiger partial charge in [0.05, 0.1) is 0 Å². The number of nitrogens with one attached hydrogen (secondary N) is 1. The lowest BCUT2D eigenvalue weighted by atomic mass is 9.97. The molecule has 0 bridgehead atoms. The summed E-state index contributed by atoms with van der Waals surface area (Å²) in [4.78, 5) is 2.74. The predicted molar refractivity (Wildman–Crippen MR) is 67.5 cm³/mol. The third kappa shape index (κ3) is 2.43. The maximum absolute atomic E-state index is 3.71. The van der Waals surface area contributed by atoms with Gasteiger partial charge >= 0.3 is 0 Å². The molecule has 0 spiro atoms. The lowest BCUT2D eigenvalue weighted by molar-refractivity contribution is 0.153. The standard InChI is InChI=1S/C14H26N2/c1-11-3-2-4-13(11)9-16-8-7-15-14(10-16)12-5-6-12/h11-15H,2-10H2,1H3. The van der Waals surface area contributed by atoms with Gasteiger partial charge in [0.2, 0.25) is 0 Å². The zero-order valence-corrected chi connectivity index (χ0v) is 10.6. The summed E-state index contributed by atoms with van der Waals surface area (Å²) in [6, 6.07) is 0.824. The molecule has 0 aromatic rings. The van der Waals surface area contributed by atoms with Crippen molar-refractivity contribution in [2.75, 3.05) is 26.2 Å². The molecule has 3 fully saturated rings. The van der Waals surface area contributed by atoms with Gasteiger partial charge in [-0.25, -0.2) is 0 Å². The highest BCUT2D eigenvalue weighted by Crippen LogP contribution is 2.35. The van der Waals surface area contributed by atoms with E-state index in [4.69, 9.17) is 0 Å². The Morgan fingerprint density at radius 1 is 1.19 bits per heavy atom. The topological polar surface area (TPSA) is 15.3 Å². The molecular weight excluding hydrogens is 196 g/mol. The smallest absolute Gasteiger partial charge is 0.0223 e. The van der Waals surface area contributed by atoms with Gasteiger partial charge in [0.25, 0.3) is 0 Å². The van der Waals surface area contributed by atoms with Gasteiger partial charge in [0.1, 0.15) is 0 Å². The van der Waals surface area contributed by atoms with Gasteiger partial charge in [0, 0.05) is 32.2 Å². The highest BCUT2D eigenvalue weighted by atomic mass is 15.2.